The molecule has 7 nitrogen and oxygen atoms in total. The van der Waals surface area contributed by atoms with Crippen LogP contribution in [0.5, 0.6) is 0 Å². The Morgan fingerprint density at radius 3 is 2.29 bits per heavy atom. The van der Waals surface area contributed by atoms with Crippen molar-refractivity contribution in [3.05, 3.63) is 59.0 Å². The molecule has 0 spiro atoms. The zero-order valence-corrected chi connectivity index (χ0v) is 16.6. The van der Waals surface area contributed by atoms with Crippen LogP contribution in [0.3, 0.4) is 0 Å². The largest absolute Gasteiger partial charge is 0.481 e. The lowest BCUT2D eigenvalue weighted by molar-refractivity contribution is -0.152. The minimum absolute atomic E-state index is 0.185. The Morgan fingerprint density at radius 1 is 1.11 bits per heavy atom. The first-order chi connectivity index (χ1) is 13.2. The molecule has 150 valence electrons. The normalized spacial score (nSPS) is 17.3. The fourth-order valence-corrected chi connectivity index (χ4v) is 4.50. The summed E-state index contributed by atoms with van der Waals surface area (Å²) in [6.45, 7) is 0.652. The molecule has 8 heteroatoms. The number of pyridine rings is 1. The van der Waals surface area contributed by atoms with E-state index in [2.05, 4.69) is 0 Å². The lowest BCUT2D eigenvalue weighted by Gasteiger charge is -2.37. The van der Waals surface area contributed by atoms with E-state index in [1.54, 1.807) is 12.3 Å². The number of benzene rings is 1. The summed E-state index contributed by atoms with van der Waals surface area (Å²) >= 11 is 0. The van der Waals surface area contributed by atoms with Crippen LogP contribution in [0.1, 0.15) is 19.3 Å². The lowest BCUT2D eigenvalue weighted by Crippen LogP contribution is -2.46. The Labute approximate surface area is 164 Å². The highest BCUT2D eigenvalue weighted by Gasteiger charge is 2.42. The van der Waals surface area contributed by atoms with Crippen LogP contribution in [0.2, 0.25) is 0 Å². The third-order valence-electron chi connectivity index (χ3n) is 5.54. The molecule has 0 saturated carbocycles. The number of rotatable bonds is 6. The van der Waals surface area contributed by atoms with Crippen LogP contribution in [0, 0.1) is 5.41 Å². The molecule has 0 aliphatic carbocycles. The van der Waals surface area contributed by atoms with Crippen molar-refractivity contribution in [2.75, 3.05) is 19.3 Å². The monoisotopic (exact) mass is 404 g/mol. The summed E-state index contributed by atoms with van der Waals surface area (Å²) < 4.78 is 26.2. The number of aliphatic carboxylic acids is 1. The van der Waals surface area contributed by atoms with E-state index in [0.29, 0.717) is 0 Å². The minimum atomic E-state index is -3.32. The molecule has 1 aliphatic rings. The van der Waals surface area contributed by atoms with Gasteiger partial charge < -0.3 is 9.67 Å². The Bertz CT molecular complexity index is 1010. The molecule has 1 fully saturated rings. The quantitative estimate of drug-likeness (QED) is 0.795. The van der Waals surface area contributed by atoms with Gasteiger partial charge in [0, 0.05) is 31.9 Å². The van der Waals surface area contributed by atoms with Crippen LogP contribution >= 0.6 is 0 Å². The molecule has 0 radical (unpaired) electrons. The van der Waals surface area contributed by atoms with Gasteiger partial charge >= 0.3 is 5.97 Å². The average molecular weight is 404 g/mol. The van der Waals surface area contributed by atoms with Crippen molar-refractivity contribution in [2.45, 2.75) is 25.8 Å². The van der Waals surface area contributed by atoms with Gasteiger partial charge in [-0.05, 0) is 36.5 Å². The van der Waals surface area contributed by atoms with E-state index in [9.17, 15) is 23.1 Å². The van der Waals surface area contributed by atoms with E-state index in [1.165, 1.54) is 8.87 Å². The van der Waals surface area contributed by atoms with Crippen LogP contribution in [0.4, 0.5) is 0 Å². The molecule has 2 aromatic rings. The number of hydrogen-bond donors (Lipinski definition) is 1. The fourth-order valence-electron chi connectivity index (χ4n) is 3.65. The molecule has 0 atom stereocenters. The molecular weight excluding hydrogens is 380 g/mol. The molecule has 0 bridgehead atoms. The predicted octanol–water partition coefficient (Wildman–Crippen LogP) is 2.03. The fraction of sp³-hybridized carbons (Fsp3) is 0.400. The molecule has 1 N–H and O–H groups in total. The number of piperidine rings is 1. The summed E-state index contributed by atoms with van der Waals surface area (Å²) in [6.07, 6.45) is 3.59. The highest BCUT2D eigenvalue weighted by Crippen LogP contribution is 2.36. The van der Waals surface area contributed by atoms with Gasteiger partial charge in [-0.25, -0.2) is 12.7 Å². The summed E-state index contributed by atoms with van der Waals surface area (Å²) in [7, 11) is -3.32. The third kappa shape index (κ3) is 4.34. The van der Waals surface area contributed by atoms with Crippen LogP contribution < -0.4 is 5.56 Å². The van der Waals surface area contributed by atoms with E-state index >= 15 is 0 Å². The van der Waals surface area contributed by atoms with Crippen LogP contribution in [0.15, 0.2) is 53.5 Å². The Hall–Kier alpha value is -2.45. The van der Waals surface area contributed by atoms with Crippen molar-refractivity contribution in [2.24, 2.45) is 5.41 Å². The molecule has 0 unspecified atom stereocenters. The second kappa shape index (κ2) is 7.89. The maximum absolute atomic E-state index is 12.5. The minimum Gasteiger partial charge on any atom is -0.481 e. The van der Waals surface area contributed by atoms with E-state index in [-0.39, 0.29) is 44.5 Å². The summed E-state index contributed by atoms with van der Waals surface area (Å²) in [5, 5.41) is 9.76. The standard InChI is InChI=1S/C20H24N2O5S/c1-28(26,27)22-13-9-20(10-14-22,19(24)25)8-12-21-11-7-17(15-18(21)23)16-5-3-2-4-6-16/h2-7,11,15H,8-10,12-14H2,1H3,(H,24,25). The van der Waals surface area contributed by atoms with Gasteiger partial charge in [0.05, 0.1) is 11.7 Å². The Balaban J connectivity index is 1.73. The third-order valence-corrected chi connectivity index (χ3v) is 6.84. The van der Waals surface area contributed by atoms with Gasteiger partial charge in [-0.15, -0.1) is 0 Å². The van der Waals surface area contributed by atoms with Gasteiger partial charge in [-0.2, -0.15) is 0 Å². The maximum Gasteiger partial charge on any atom is 0.309 e. The first-order valence-corrected chi connectivity index (χ1v) is 11.0. The number of nitrogens with zero attached hydrogens (tertiary/aromatic N) is 2. The highest BCUT2D eigenvalue weighted by molar-refractivity contribution is 7.88. The van der Waals surface area contributed by atoms with Crippen molar-refractivity contribution in [3.8, 4) is 11.1 Å². The molecular formula is C20H24N2O5S. The van der Waals surface area contributed by atoms with Crippen molar-refractivity contribution < 1.29 is 18.3 Å². The molecule has 1 aromatic carbocycles. The zero-order valence-electron chi connectivity index (χ0n) is 15.7. The number of aromatic nitrogens is 1. The molecule has 2 heterocycles. The topological polar surface area (TPSA) is 96.7 Å². The van der Waals surface area contributed by atoms with Crippen molar-refractivity contribution in [1.29, 1.82) is 0 Å². The van der Waals surface area contributed by atoms with Crippen molar-refractivity contribution in [1.82, 2.24) is 8.87 Å². The predicted molar refractivity (Wildman–Crippen MR) is 106 cm³/mol. The van der Waals surface area contributed by atoms with E-state index in [1.807, 2.05) is 36.4 Å². The first kappa shape index (κ1) is 20.3. The summed E-state index contributed by atoms with van der Waals surface area (Å²) in [6, 6.07) is 13.0. The van der Waals surface area contributed by atoms with Crippen molar-refractivity contribution >= 4 is 16.0 Å². The molecule has 3 rings (SSSR count). The van der Waals surface area contributed by atoms with E-state index < -0.39 is 21.4 Å². The summed E-state index contributed by atoms with van der Waals surface area (Å²) in [4.78, 5) is 24.4. The van der Waals surface area contributed by atoms with Crippen LogP contribution in [-0.2, 0) is 21.4 Å². The lowest BCUT2D eigenvalue weighted by atomic mass is 9.76. The van der Waals surface area contributed by atoms with Crippen LogP contribution in [-0.4, -0.2) is 47.7 Å². The molecule has 0 amide bonds. The van der Waals surface area contributed by atoms with Gasteiger partial charge in [0.2, 0.25) is 10.0 Å². The summed E-state index contributed by atoms with van der Waals surface area (Å²) in [5.41, 5.74) is 0.562. The van der Waals surface area contributed by atoms with Gasteiger partial charge in [0.25, 0.3) is 5.56 Å². The van der Waals surface area contributed by atoms with Gasteiger partial charge in [0.1, 0.15) is 0 Å². The number of aryl methyl sites for hydroxylation is 1. The number of hydrogen-bond acceptors (Lipinski definition) is 4. The highest BCUT2D eigenvalue weighted by atomic mass is 32.2. The van der Waals surface area contributed by atoms with E-state index in [4.69, 9.17) is 0 Å². The molecule has 1 saturated heterocycles. The second-order valence-electron chi connectivity index (χ2n) is 7.31. The molecule has 1 aliphatic heterocycles. The zero-order chi connectivity index (χ0) is 20.4. The van der Waals surface area contributed by atoms with Gasteiger partial charge in [-0.1, -0.05) is 30.3 Å². The smallest absolute Gasteiger partial charge is 0.309 e. The number of carbonyl (C=O) groups is 1. The Kier molecular flexibility index (Phi) is 5.71. The maximum atomic E-state index is 12.5. The van der Waals surface area contributed by atoms with Gasteiger partial charge in [-0.3, -0.25) is 9.59 Å². The second-order valence-corrected chi connectivity index (χ2v) is 9.29. The number of carboxylic acids is 1. The van der Waals surface area contributed by atoms with Crippen LogP contribution in [0.25, 0.3) is 11.1 Å². The van der Waals surface area contributed by atoms with E-state index in [0.717, 1.165) is 17.4 Å². The first-order valence-electron chi connectivity index (χ1n) is 9.16. The number of carboxylic acid groups (broad SMARTS) is 1. The molecule has 1 aromatic heterocycles. The Morgan fingerprint density at radius 2 is 1.75 bits per heavy atom. The average Bonchev–Trinajstić information content (AvgIpc) is 2.67. The van der Waals surface area contributed by atoms with Crippen molar-refractivity contribution in [3.63, 3.8) is 0 Å². The SMILES string of the molecule is CS(=O)(=O)N1CCC(CCn2ccc(-c3ccccc3)cc2=O)(C(=O)O)CC1. The molecule has 28 heavy (non-hydrogen) atoms. The van der Waals surface area contributed by atoms with Gasteiger partial charge in [0.15, 0.2) is 0 Å². The summed E-state index contributed by atoms with van der Waals surface area (Å²) in [5.74, 6) is -0.936. The number of sulfonamides is 1.